The molecule has 1 aliphatic rings. The van der Waals surface area contributed by atoms with Gasteiger partial charge in [0.05, 0.1) is 12.7 Å². The molecule has 3 heteroatoms. The maximum Gasteiger partial charge on any atom is 0.151 e. The molecule has 0 unspecified atom stereocenters. The summed E-state index contributed by atoms with van der Waals surface area (Å²) in [5.41, 5.74) is 1.12. The number of hydrogen-bond donors (Lipinski definition) is 0. The lowest BCUT2D eigenvalue weighted by atomic mass is 10.1. The van der Waals surface area contributed by atoms with Gasteiger partial charge in [-0.25, -0.2) is 0 Å². The van der Waals surface area contributed by atoms with E-state index in [4.69, 9.17) is 9.47 Å². The number of ether oxygens (including phenoxy) is 2. The van der Waals surface area contributed by atoms with Gasteiger partial charge in [0, 0.05) is 6.61 Å². The van der Waals surface area contributed by atoms with Crippen LogP contribution in [-0.4, -0.2) is 25.1 Å². The van der Waals surface area contributed by atoms with Crippen LogP contribution in [0.2, 0.25) is 0 Å². The van der Waals surface area contributed by atoms with Gasteiger partial charge in [-0.2, -0.15) is 0 Å². The van der Waals surface area contributed by atoms with Crippen molar-refractivity contribution in [2.24, 2.45) is 0 Å². The van der Waals surface area contributed by atoms with E-state index in [0.29, 0.717) is 13.2 Å². The van der Waals surface area contributed by atoms with Gasteiger partial charge in [0.15, 0.2) is 6.29 Å². The quantitative estimate of drug-likeness (QED) is 0.727. The monoisotopic (exact) mass is 220 g/mol. The van der Waals surface area contributed by atoms with E-state index in [-0.39, 0.29) is 6.10 Å². The first-order chi connectivity index (χ1) is 7.90. The van der Waals surface area contributed by atoms with Crippen LogP contribution in [0.5, 0.6) is 0 Å². The number of carbonyl (C=O) groups is 1. The Kier molecular flexibility index (Phi) is 4.08. The van der Waals surface area contributed by atoms with Crippen LogP contribution < -0.4 is 0 Å². The molecule has 0 spiro atoms. The van der Waals surface area contributed by atoms with Crippen molar-refractivity contribution < 1.29 is 14.3 Å². The van der Waals surface area contributed by atoms with Gasteiger partial charge < -0.3 is 14.3 Å². The predicted octanol–water partition coefficient (Wildman–Crippen LogP) is 1.95. The van der Waals surface area contributed by atoms with Crippen LogP contribution in [0.25, 0.3) is 0 Å². The minimum atomic E-state index is -0.391. The maximum absolute atomic E-state index is 10.8. The van der Waals surface area contributed by atoms with Crippen molar-refractivity contribution in [2.45, 2.75) is 31.7 Å². The van der Waals surface area contributed by atoms with Gasteiger partial charge in [0.2, 0.25) is 0 Å². The Morgan fingerprint density at radius 1 is 1.38 bits per heavy atom. The second-order valence-electron chi connectivity index (χ2n) is 3.95. The van der Waals surface area contributed by atoms with E-state index in [2.05, 4.69) is 0 Å². The largest absolute Gasteiger partial charge is 0.370 e. The van der Waals surface area contributed by atoms with Gasteiger partial charge in [-0.15, -0.1) is 0 Å². The Hall–Kier alpha value is -1.19. The summed E-state index contributed by atoms with van der Waals surface area (Å²) in [6, 6.07) is 9.96. The summed E-state index contributed by atoms with van der Waals surface area (Å²) < 4.78 is 11.1. The Labute approximate surface area is 95.4 Å². The molecule has 1 fully saturated rings. The zero-order valence-electron chi connectivity index (χ0n) is 9.17. The second kappa shape index (κ2) is 5.77. The van der Waals surface area contributed by atoms with E-state index < -0.39 is 6.10 Å². The third-order valence-electron chi connectivity index (χ3n) is 2.75. The lowest BCUT2D eigenvalue weighted by Gasteiger charge is -2.28. The molecule has 0 amide bonds. The number of carbonyl (C=O) groups excluding carboxylic acids is 1. The molecule has 1 heterocycles. The van der Waals surface area contributed by atoms with Crippen molar-refractivity contribution in [3.05, 3.63) is 35.9 Å². The smallest absolute Gasteiger partial charge is 0.151 e. The highest BCUT2D eigenvalue weighted by Gasteiger charge is 2.25. The Balaban J connectivity index is 1.86. The SMILES string of the molecule is O=C[C@H]1OCCC[C@@H]1OCc1ccccc1. The molecule has 86 valence electrons. The zero-order chi connectivity index (χ0) is 11.2. The molecule has 1 aliphatic heterocycles. The van der Waals surface area contributed by atoms with Gasteiger partial charge in [0.25, 0.3) is 0 Å². The molecule has 0 aliphatic carbocycles. The molecule has 3 nitrogen and oxygen atoms in total. The highest BCUT2D eigenvalue weighted by atomic mass is 16.5. The fourth-order valence-electron chi connectivity index (χ4n) is 1.86. The van der Waals surface area contributed by atoms with E-state index >= 15 is 0 Å². The molecule has 0 saturated carbocycles. The van der Waals surface area contributed by atoms with Gasteiger partial charge in [0.1, 0.15) is 6.10 Å². The van der Waals surface area contributed by atoms with E-state index in [9.17, 15) is 4.79 Å². The number of benzene rings is 1. The van der Waals surface area contributed by atoms with Crippen molar-refractivity contribution >= 4 is 6.29 Å². The minimum Gasteiger partial charge on any atom is -0.370 e. The minimum absolute atomic E-state index is 0.0912. The summed E-state index contributed by atoms with van der Waals surface area (Å²) in [5, 5.41) is 0. The lowest BCUT2D eigenvalue weighted by Crippen LogP contribution is -2.37. The first-order valence-electron chi connectivity index (χ1n) is 5.62. The van der Waals surface area contributed by atoms with Crippen LogP contribution in [0.15, 0.2) is 30.3 Å². The summed E-state index contributed by atoms with van der Waals surface area (Å²) in [7, 11) is 0. The van der Waals surface area contributed by atoms with Crippen LogP contribution in [0, 0.1) is 0 Å². The molecule has 1 aromatic rings. The average Bonchev–Trinajstić information content (AvgIpc) is 2.38. The fraction of sp³-hybridized carbons (Fsp3) is 0.462. The van der Waals surface area contributed by atoms with Gasteiger partial charge in [-0.3, -0.25) is 0 Å². The third-order valence-corrected chi connectivity index (χ3v) is 2.75. The summed E-state index contributed by atoms with van der Waals surface area (Å²) in [5.74, 6) is 0. The van der Waals surface area contributed by atoms with Gasteiger partial charge in [-0.05, 0) is 18.4 Å². The van der Waals surface area contributed by atoms with E-state index in [1.54, 1.807) is 0 Å². The highest BCUT2D eigenvalue weighted by molar-refractivity contribution is 5.57. The van der Waals surface area contributed by atoms with E-state index in [1.807, 2.05) is 30.3 Å². The zero-order valence-corrected chi connectivity index (χ0v) is 9.17. The van der Waals surface area contributed by atoms with Crippen molar-refractivity contribution in [1.29, 1.82) is 0 Å². The van der Waals surface area contributed by atoms with Gasteiger partial charge >= 0.3 is 0 Å². The fourth-order valence-corrected chi connectivity index (χ4v) is 1.86. The Bertz CT molecular complexity index is 323. The van der Waals surface area contributed by atoms with Crippen molar-refractivity contribution in [3.63, 3.8) is 0 Å². The summed E-state index contributed by atoms with van der Waals surface area (Å²) in [6.45, 7) is 1.20. The molecule has 2 atom stereocenters. The number of hydrogen-bond acceptors (Lipinski definition) is 3. The van der Waals surface area contributed by atoms with E-state index in [0.717, 1.165) is 24.7 Å². The summed E-state index contributed by atoms with van der Waals surface area (Å²) >= 11 is 0. The van der Waals surface area contributed by atoms with Crippen molar-refractivity contribution in [3.8, 4) is 0 Å². The van der Waals surface area contributed by atoms with Crippen LogP contribution in [0.4, 0.5) is 0 Å². The molecule has 16 heavy (non-hydrogen) atoms. The number of rotatable bonds is 4. The molecular weight excluding hydrogens is 204 g/mol. The molecular formula is C13H16O3. The van der Waals surface area contributed by atoms with Crippen molar-refractivity contribution in [1.82, 2.24) is 0 Å². The standard InChI is InChI=1S/C13H16O3/c14-9-13-12(7-4-8-15-13)16-10-11-5-2-1-3-6-11/h1-3,5-6,9,12-13H,4,7-8,10H2/t12-,13+/m0/s1. The molecule has 1 aromatic carbocycles. The normalized spacial score (nSPS) is 25.2. The average molecular weight is 220 g/mol. The predicted molar refractivity (Wildman–Crippen MR) is 60.1 cm³/mol. The van der Waals surface area contributed by atoms with E-state index in [1.165, 1.54) is 0 Å². The molecule has 0 bridgehead atoms. The summed E-state index contributed by atoms with van der Waals surface area (Å²) in [6.07, 6.45) is 2.22. The van der Waals surface area contributed by atoms with Gasteiger partial charge in [-0.1, -0.05) is 30.3 Å². The van der Waals surface area contributed by atoms with Crippen molar-refractivity contribution in [2.75, 3.05) is 6.61 Å². The summed E-state index contributed by atoms with van der Waals surface area (Å²) in [4.78, 5) is 10.8. The maximum atomic E-state index is 10.8. The number of aldehydes is 1. The van der Waals surface area contributed by atoms with Crippen LogP contribution >= 0.6 is 0 Å². The highest BCUT2D eigenvalue weighted by Crippen LogP contribution is 2.17. The molecule has 2 rings (SSSR count). The Morgan fingerprint density at radius 3 is 2.94 bits per heavy atom. The molecule has 0 aromatic heterocycles. The first kappa shape index (κ1) is 11.3. The molecule has 1 saturated heterocycles. The first-order valence-corrected chi connectivity index (χ1v) is 5.62. The van der Waals surface area contributed by atoms with Crippen LogP contribution in [0.1, 0.15) is 18.4 Å². The topological polar surface area (TPSA) is 35.5 Å². The van der Waals surface area contributed by atoms with Crippen LogP contribution in [0.3, 0.4) is 0 Å². The van der Waals surface area contributed by atoms with Crippen LogP contribution in [-0.2, 0) is 20.9 Å². The Morgan fingerprint density at radius 2 is 2.19 bits per heavy atom. The molecule has 0 N–H and O–H groups in total. The molecule has 0 radical (unpaired) electrons. The second-order valence-corrected chi connectivity index (χ2v) is 3.95. The lowest BCUT2D eigenvalue weighted by molar-refractivity contribution is -0.140. The third kappa shape index (κ3) is 2.90.